The first-order valence-corrected chi connectivity index (χ1v) is 6.81. The second kappa shape index (κ2) is 6.35. The molecule has 0 aliphatic carbocycles. The van der Waals surface area contributed by atoms with Crippen LogP contribution >= 0.6 is 11.8 Å². The van der Waals surface area contributed by atoms with Crippen LogP contribution in [0.4, 0.5) is 11.4 Å². The molecule has 2 rings (SSSR count). The predicted molar refractivity (Wildman–Crippen MR) is 74.3 cm³/mol. The molecule has 1 aromatic carbocycles. The number of carboxylic acid groups (broad SMARTS) is 1. The van der Waals surface area contributed by atoms with Gasteiger partial charge in [-0.3, -0.25) is 20.2 Å². The van der Waals surface area contributed by atoms with Crippen molar-refractivity contribution in [2.75, 3.05) is 0 Å². The van der Waals surface area contributed by atoms with Crippen LogP contribution in [0.15, 0.2) is 22.2 Å². The van der Waals surface area contributed by atoms with E-state index in [1.807, 2.05) is 0 Å². The molecule has 13 heteroatoms. The summed E-state index contributed by atoms with van der Waals surface area (Å²) >= 11 is 0.752. The Morgan fingerprint density at radius 3 is 2.48 bits per heavy atom. The molecule has 120 valence electrons. The third-order valence-electron chi connectivity index (χ3n) is 2.70. The number of tetrazole rings is 1. The molecule has 0 unspecified atom stereocenters. The summed E-state index contributed by atoms with van der Waals surface area (Å²) in [7, 11) is 0. The zero-order valence-electron chi connectivity index (χ0n) is 11.4. The average Bonchev–Trinajstić information content (AvgIpc) is 2.93. The quantitative estimate of drug-likeness (QED) is 0.598. The van der Waals surface area contributed by atoms with E-state index in [0.29, 0.717) is 12.6 Å². The van der Waals surface area contributed by atoms with Crippen LogP contribution in [-0.4, -0.2) is 41.1 Å². The van der Waals surface area contributed by atoms with E-state index >= 15 is 0 Å². The van der Waals surface area contributed by atoms with E-state index in [1.54, 1.807) is 6.92 Å². The van der Waals surface area contributed by atoms with Gasteiger partial charge in [-0.1, -0.05) is 0 Å². The summed E-state index contributed by atoms with van der Waals surface area (Å²) in [6, 6.07) is 1.49. The fourth-order valence-electron chi connectivity index (χ4n) is 1.67. The van der Waals surface area contributed by atoms with Gasteiger partial charge in [-0.25, -0.2) is 9.48 Å². The molecule has 23 heavy (non-hydrogen) atoms. The lowest BCUT2D eigenvalue weighted by atomic mass is 10.1. The van der Waals surface area contributed by atoms with Crippen molar-refractivity contribution in [3.8, 4) is 0 Å². The van der Waals surface area contributed by atoms with Gasteiger partial charge in [0.2, 0.25) is 5.16 Å². The number of hydrogen-bond acceptors (Lipinski definition) is 9. The number of hydrogen-bond donors (Lipinski definition) is 1. The minimum Gasteiger partial charge on any atom is -0.477 e. The number of carbonyl (C=O) groups is 1. The Morgan fingerprint density at radius 2 is 1.96 bits per heavy atom. The lowest BCUT2D eigenvalue weighted by Gasteiger charge is -2.05. The zero-order chi connectivity index (χ0) is 17.1. The van der Waals surface area contributed by atoms with Crippen molar-refractivity contribution in [2.45, 2.75) is 23.5 Å². The number of nitro benzene ring substituents is 2. The average molecular weight is 340 g/mol. The standard InChI is InChI=1S/C10H8N6O6S/c1-2-14-10(11-12-13-14)23-8-3-5(9(17)18)6(15(19)20)4-7(8)16(21)22/h3-4H,2H2,1H3,(H,17,18). The van der Waals surface area contributed by atoms with E-state index in [4.69, 9.17) is 5.11 Å². The highest BCUT2D eigenvalue weighted by Gasteiger charge is 2.29. The third-order valence-corrected chi connectivity index (χ3v) is 3.72. The Balaban J connectivity index is 2.61. The summed E-state index contributed by atoms with van der Waals surface area (Å²) in [6.07, 6.45) is 0. The van der Waals surface area contributed by atoms with Crippen molar-refractivity contribution < 1.29 is 19.7 Å². The van der Waals surface area contributed by atoms with Gasteiger partial charge in [0.1, 0.15) is 5.56 Å². The third kappa shape index (κ3) is 3.23. The van der Waals surface area contributed by atoms with Gasteiger partial charge in [0.05, 0.1) is 20.8 Å². The van der Waals surface area contributed by atoms with E-state index in [9.17, 15) is 25.0 Å². The van der Waals surface area contributed by atoms with Crippen LogP contribution in [0.2, 0.25) is 0 Å². The molecule has 1 N–H and O–H groups in total. The van der Waals surface area contributed by atoms with E-state index in [2.05, 4.69) is 15.5 Å². The first kappa shape index (κ1) is 16.3. The highest BCUT2D eigenvalue weighted by atomic mass is 32.2. The molecular weight excluding hydrogens is 332 g/mol. The number of benzene rings is 1. The molecule has 2 aromatic rings. The fourth-order valence-corrected chi connectivity index (χ4v) is 2.63. The van der Waals surface area contributed by atoms with Crippen molar-refractivity contribution in [3.63, 3.8) is 0 Å². The number of aryl methyl sites for hydroxylation is 1. The van der Waals surface area contributed by atoms with Crippen LogP contribution < -0.4 is 0 Å². The minimum atomic E-state index is -1.57. The van der Waals surface area contributed by atoms with Crippen molar-refractivity contribution in [3.05, 3.63) is 37.9 Å². The van der Waals surface area contributed by atoms with Gasteiger partial charge >= 0.3 is 5.97 Å². The Kier molecular flexibility index (Phi) is 4.49. The molecule has 1 aromatic heterocycles. The lowest BCUT2D eigenvalue weighted by Crippen LogP contribution is -2.05. The lowest BCUT2D eigenvalue weighted by molar-refractivity contribution is -0.396. The molecule has 12 nitrogen and oxygen atoms in total. The smallest absolute Gasteiger partial charge is 0.342 e. The molecular formula is C10H8N6O6S. The summed E-state index contributed by atoms with van der Waals surface area (Å²) in [6.45, 7) is 2.13. The van der Waals surface area contributed by atoms with E-state index < -0.39 is 32.8 Å². The molecule has 0 radical (unpaired) electrons. The van der Waals surface area contributed by atoms with Gasteiger partial charge in [-0.2, -0.15) is 0 Å². The van der Waals surface area contributed by atoms with Crippen LogP contribution in [0.25, 0.3) is 0 Å². The monoisotopic (exact) mass is 340 g/mol. The molecule has 0 saturated heterocycles. The summed E-state index contributed by atoms with van der Waals surface area (Å²) in [5.74, 6) is -1.57. The molecule has 0 aliphatic heterocycles. The van der Waals surface area contributed by atoms with Crippen molar-refractivity contribution in [1.82, 2.24) is 20.2 Å². The highest BCUT2D eigenvalue weighted by Crippen LogP contribution is 2.38. The molecule has 0 saturated carbocycles. The summed E-state index contributed by atoms with van der Waals surface area (Å²) in [5, 5.41) is 42.0. The van der Waals surface area contributed by atoms with Crippen LogP contribution in [-0.2, 0) is 6.54 Å². The number of aromatic carboxylic acids is 1. The summed E-state index contributed by atoms with van der Waals surface area (Å²) in [5.41, 5.74) is -2.11. The number of carboxylic acids is 1. The Hall–Kier alpha value is -3.09. The molecule has 1 heterocycles. The SMILES string of the molecule is CCn1nnnc1Sc1cc(C(=O)O)c([N+](=O)[O-])cc1[N+](=O)[O-]. The first-order chi connectivity index (χ1) is 10.8. The fraction of sp³-hybridized carbons (Fsp3) is 0.200. The van der Waals surface area contributed by atoms with Crippen LogP contribution in [0.1, 0.15) is 17.3 Å². The first-order valence-electron chi connectivity index (χ1n) is 5.99. The summed E-state index contributed by atoms with van der Waals surface area (Å²) in [4.78, 5) is 31.3. The van der Waals surface area contributed by atoms with Gasteiger partial charge < -0.3 is 5.11 Å². The highest BCUT2D eigenvalue weighted by molar-refractivity contribution is 7.99. The summed E-state index contributed by atoms with van der Waals surface area (Å²) < 4.78 is 1.34. The normalized spacial score (nSPS) is 10.5. The van der Waals surface area contributed by atoms with Crippen molar-refractivity contribution in [2.24, 2.45) is 0 Å². The van der Waals surface area contributed by atoms with Gasteiger partial charge in [0.15, 0.2) is 0 Å². The Bertz CT molecular complexity index is 805. The van der Waals surface area contributed by atoms with Gasteiger partial charge in [0, 0.05) is 6.54 Å². The van der Waals surface area contributed by atoms with Crippen molar-refractivity contribution in [1.29, 1.82) is 0 Å². The van der Waals surface area contributed by atoms with E-state index in [1.165, 1.54) is 4.68 Å². The minimum absolute atomic E-state index is 0.109. The van der Waals surface area contributed by atoms with Gasteiger partial charge in [-0.15, -0.1) is 5.10 Å². The second-order valence-electron chi connectivity index (χ2n) is 4.04. The van der Waals surface area contributed by atoms with Crippen LogP contribution in [0.3, 0.4) is 0 Å². The number of nitrogens with zero attached hydrogens (tertiary/aromatic N) is 6. The maximum Gasteiger partial charge on any atom is 0.342 e. The maximum atomic E-state index is 11.2. The van der Waals surface area contributed by atoms with Crippen LogP contribution in [0, 0.1) is 20.2 Å². The van der Waals surface area contributed by atoms with E-state index in [0.717, 1.165) is 17.8 Å². The largest absolute Gasteiger partial charge is 0.477 e. The molecule has 0 bridgehead atoms. The molecule has 0 atom stereocenters. The Labute approximate surface area is 131 Å². The molecule has 0 spiro atoms. The maximum absolute atomic E-state index is 11.2. The number of rotatable bonds is 6. The topological polar surface area (TPSA) is 167 Å². The Morgan fingerprint density at radius 1 is 1.30 bits per heavy atom. The van der Waals surface area contributed by atoms with Crippen molar-refractivity contribution >= 4 is 29.1 Å². The van der Waals surface area contributed by atoms with E-state index in [-0.39, 0.29) is 10.1 Å². The number of aromatic nitrogens is 4. The predicted octanol–water partition coefficient (Wildman–Crippen LogP) is 1.36. The van der Waals surface area contributed by atoms with Gasteiger partial charge in [-0.05, 0) is 35.2 Å². The zero-order valence-corrected chi connectivity index (χ0v) is 12.3. The molecule has 0 aliphatic rings. The van der Waals surface area contributed by atoms with Crippen LogP contribution in [0.5, 0.6) is 0 Å². The second-order valence-corrected chi connectivity index (χ2v) is 5.04. The molecule has 0 amide bonds. The number of nitro groups is 2. The molecule has 0 fully saturated rings. The van der Waals surface area contributed by atoms with Gasteiger partial charge in [0.25, 0.3) is 11.4 Å².